The van der Waals surface area contributed by atoms with Gasteiger partial charge in [0.25, 0.3) is 0 Å². The topological polar surface area (TPSA) is 72.9 Å². The number of aromatic hydroxyl groups is 1. The molecule has 6 heteroatoms. The highest BCUT2D eigenvalue weighted by Gasteiger charge is 2.25. The molecule has 0 saturated carbocycles. The molecule has 1 aliphatic heterocycles. The number of carbonyl (C=O) groups is 2. The van der Waals surface area contributed by atoms with Crippen LogP contribution in [0.15, 0.2) is 54.6 Å². The van der Waals surface area contributed by atoms with E-state index in [2.05, 4.69) is 10.3 Å². The highest BCUT2D eigenvalue weighted by atomic mass is 16.3. The normalized spacial score (nSPS) is 15.6. The van der Waals surface area contributed by atoms with Crippen molar-refractivity contribution in [2.45, 2.75) is 38.3 Å². The molecule has 1 saturated heterocycles. The van der Waals surface area contributed by atoms with Gasteiger partial charge in [-0.15, -0.1) is 0 Å². The number of hydrogen-bond acceptors (Lipinski definition) is 4. The zero-order valence-electron chi connectivity index (χ0n) is 16.0. The van der Waals surface area contributed by atoms with Crippen molar-refractivity contribution in [3.63, 3.8) is 0 Å². The van der Waals surface area contributed by atoms with Gasteiger partial charge in [-0.25, -0.2) is 9.80 Å². The largest absolute Gasteiger partial charge is 0.508 e. The summed E-state index contributed by atoms with van der Waals surface area (Å²) in [5, 5.41) is 16.1. The molecule has 0 spiro atoms. The second-order valence-electron chi connectivity index (χ2n) is 7.12. The predicted molar refractivity (Wildman–Crippen MR) is 108 cm³/mol. The molecule has 1 fully saturated rings. The third-order valence-corrected chi connectivity index (χ3v) is 4.95. The first kappa shape index (κ1) is 19.9. The second kappa shape index (κ2) is 9.90. The van der Waals surface area contributed by atoms with Crippen LogP contribution in [0.2, 0.25) is 0 Å². The Morgan fingerprint density at radius 1 is 1.04 bits per heavy atom. The fourth-order valence-electron chi connectivity index (χ4n) is 3.43. The minimum Gasteiger partial charge on any atom is -0.508 e. The summed E-state index contributed by atoms with van der Waals surface area (Å²) < 4.78 is 0. The lowest BCUT2D eigenvalue weighted by atomic mass is 10.1. The summed E-state index contributed by atoms with van der Waals surface area (Å²) in [6, 6.07) is 15.6. The van der Waals surface area contributed by atoms with Crippen LogP contribution in [0.1, 0.15) is 30.4 Å². The summed E-state index contributed by atoms with van der Waals surface area (Å²) in [5.74, 6) is 0.176. The molecule has 2 aromatic rings. The third-order valence-electron chi connectivity index (χ3n) is 4.95. The number of hydrazine groups is 1. The molecule has 148 valence electrons. The van der Waals surface area contributed by atoms with E-state index >= 15 is 0 Å². The Morgan fingerprint density at radius 3 is 2.36 bits per heavy atom. The molecule has 1 atom stereocenters. The number of nitrogens with one attached hydrogen (secondary N) is 1. The summed E-state index contributed by atoms with van der Waals surface area (Å²) in [4.78, 5) is 24.6. The van der Waals surface area contributed by atoms with E-state index in [0.717, 1.165) is 43.3 Å². The lowest BCUT2D eigenvalue weighted by Gasteiger charge is -2.37. The number of aldehydes is 1. The zero-order valence-corrected chi connectivity index (χ0v) is 16.0. The van der Waals surface area contributed by atoms with Gasteiger partial charge in [0.05, 0.1) is 12.6 Å². The van der Waals surface area contributed by atoms with Gasteiger partial charge in [-0.2, -0.15) is 0 Å². The first-order valence-electron chi connectivity index (χ1n) is 9.76. The van der Waals surface area contributed by atoms with E-state index in [9.17, 15) is 14.7 Å². The van der Waals surface area contributed by atoms with Crippen molar-refractivity contribution < 1.29 is 14.7 Å². The van der Waals surface area contributed by atoms with E-state index in [4.69, 9.17) is 0 Å². The Kier molecular flexibility index (Phi) is 7.03. The quantitative estimate of drug-likeness (QED) is 0.723. The first-order valence-corrected chi connectivity index (χ1v) is 9.76. The van der Waals surface area contributed by atoms with Crippen molar-refractivity contribution in [3.8, 4) is 5.75 Å². The van der Waals surface area contributed by atoms with Gasteiger partial charge < -0.3 is 15.2 Å². The Morgan fingerprint density at radius 2 is 1.71 bits per heavy atom. The van der Waals surface area contributed by atoms with E-state index < -0.39 is 6.04 Å². The summed E-state index contributed by atoms with van der Waals surface area (Å²) in [5.41, 5.74) is 1.92. The molecular weight excluding hydrogens is 354 g/mol. The average Bonchev–Trinajstić information content (AvgIpc) is 2.74. The number of phenolic OH excluding ortho intramolecular Hbond substituents is 1. The van der Waals surface area contributed by atoms with Gasteiger partial charge in [0.2, 0.25) is 0 Å². The van der Waals surface area contributed by atoms with Gasteiger partial charge >= 0.3 is 6.03 Å². The second-order valence-corrected chi connectivity index (χ2v) is 7.12. The summed E-state index contributed by atoms with van der Waals surface area (Å²) >= 11 is 0. The third kappa shape index (κ3) is 5.57. The molecule has 28 heavy (non-hydrogen) atoms. The molecule has 1 heterocycles. The summed E-state index contributed by atoms with van der Waals surface area (Å²) in [7, 11) is 0. The minimum atomic E-state index is -0.625. The molecule has 0 aromatic heterocycles. The van der Waals surface area contributed by atoms with Gasteiger partial charge in [0, 0.05) is 13.1 Å². The van der Waals surface area contributed by atoms with Crippen molar-refractivity contribution >= 4 is 12.3 Å². The van der Waals surface area contributed by atoms with Gasteiger partial charge in [-0.05, 0) is 42.5 Å². The Bertz CT molecular complexity index is 758. The molecule has 0 bridgehead atoms. The molecule has 2 amide bonds. The smallest absolute Gasteiger partial charge is 0.332 e. The van der Waals surface area contributed by atoms with Crippen LogP contribution in [0.4, 0.5) is 4.79 Å². The summed E-state index contributed by atoms with van der Waals surface area (Å²) in [6.45, 7) is 2.14. The lowest BCUT2D eigenvalue weighted by Crippen LogP contribution is -2.54. The van der Waals surface area contributed by atoms with E-state index in [0.29, 0.717) is 13.0 Å². The molecule has 2 N–H and O–H groups in total. The minimum absolute atomic E-state index is 0.176. The molecule has 3 rings (SSSR count). The van der Waals surface area contributed by atoms with Crippen molar-refractivity contribution in [3.05, 3.63) is 65.7 Å². The number of urea groups is 1. The number of amides is 2. The van der Waals surface area contributed by atoms with Gasteiger partial charge in [0.1, 0.15) is 12.0 Å². The van der Waals surface area contributed by atoms with E-state index in [1.165, 1.54) is 6.42 Å². The predicted octanol–water partition coefficient (Wildman–Crippen LogP) is 3.11. The van der Waals surface area contributed by atoms with Crippen LogP contribution >= 0.6 is 0 Å². The lowest BCUT2D eigenvalue weighted by molar-refractivity contribution is -0.109. The number of piperidine rings is 1. The Hall–Kier alpha value is -2.86. The molecule has 2 aromatic carbocycles. The molecule has 1 aliphatic rings. The SMILES string of the molecule is O=C[C@H](Cc1ccc(O)cc1)NC(=O)N(Cc1ccccc1)N1CCCCC1. The van der Waals surface area contributed by atoms with E-state index in [1.807, 2.05) is 30.3 Å². The van der Waals surface area contributed by atoms with Crippen molar-refractivity contribution in [2.24, 2.45) is 0 Å². The number of hydrogen-bond donors (Lipinski definition) is 2. The zero-order chi connectivity index (χ0) is 19.8. The van der Waals surface area contributed by atoms with Crippen LogP contribution in [0.25, 0.3) is 0 Å². The van der Waals surface area contributed by atoms with E-state index in [1.54, 1.807) is 29.3 Å². The van der Waals surface area contributed by atoms with Crippen molar-refractivity contribution in [2.75, 3.05) is 13.1 Å². The van der Waals surface area contributed by atoms with Crippen LogP contribution in [0, 0.1) is 0 Å². The molecule has 6 nitrogen and oxygen atoms in total. The highest BCUT2D eigenvalue weighted by Crippen LogP contribution is 2.16. The fourth-order valence-corrected chi connectivity index (χ4v) is 3.43. The van der Waals surface area contributed by atoms with Crippen molar-refractivity contribution in [1.29, 1.82) is 0 Å². The maximum atomic E-state index is 13.0. The van der Waals surface area contributed by atoms with Crippen molar-refractivity contribution in [1.82, 2.24) is 15.3 Å². The maximum absolute atomic E-state index is 13.0. The number of phenols is 1. The molecule has 0 aliphatic carbocycles. The van der Waals surface area contributed by atoms with Crippen LogP contribution in [-0.2, 0) is 17.8 Å². The maximum Gasteiger partial charge on any atom is 0.332 e. The molecule has 0 unspecified atom stereocenters. The van der Waals surface area contributed by atoms with Crippen LogP contribution in [0.5, 0.6) is 5.75 Å². The van der Waals surface area contributed by atoms with Crippen LogP contribution in [0.3, 0.4) is 0 Å². The number of carbonyl (C=O) groups excluding carboxylic acids is 2. The fraction of sp³-hybridized carbons (Fsp3) is 0.364. The number of benzene rings is 2. The summed E-state index contributed by atoms with van der Waals surface area (Å²) in [6.07, 6.45) is 4.44. The molecule has 0 radical (unpaired) electrons. The Labute approximate surface area is 165 Å². The highest BCUT2D eigenvalue weighted by molar-refractivity contribution is 5.78. The standard InChI is InChI=1S/C22H27N3O3/c26-17-20(15-18-9-11-21(27)12-10-18)23-22(28)25(24-13-5-2-6-14-24)16-19-7-3-1-4-8-19/h1,3-4,7-12,17,20,27H,2,5-6,13-16H2,(H,23,28)/t20-/m0/s1. The van der Waals surface area contributed by atoms with Crippen LogP contribution < -0.4 is 5.32 Å². The van der Waals surface area contributed by atoms with Crippen LogP contribution in [-0.4, -0.2) is 46.6 Å². The van der Waals surface area contributed by atoms with E-state index in [-0.39, 0.29) is 11.8 Å². The first-order chi connectivity index (χ1) is 13.7. The number of rotatable bonds is 7. The monoisotopic (exact) mass is 381 g/mol. The molecular formula is C22H27N3O3. The van der Waals surface area contributed by atoms with Gasteiger partial charge in [0.15, 0.2) is 0 Å². The number of nitrogens with zero attached hydrogens (tertiary/aromatic N) is 2. The average molecular weight is 381 g/mol. The van der Waals surface area contributed by atoms with Gasteiger partial charge in [-0.1, -0.05) is 48.9 Å². The Balaban J connectivity index is 1.69. The van der Waals surface area contributed by atoms with Gasteiger partial charge in [-0.3, -0.25) is 5.01 Å².